The van der Waals surface area contributed by atoms with Crippen LogP contribution in [0.5, 0.6) is 0 Å². The van der Waals surface area contributed by atoms with Crippen LogP contribution >= 0.6 is 23.2 Å². The summed E-state index contributed by atoms with van der Waals surface area (Å²) in [6, 6.07) is 2.97. The monoisotopic (exact) mass is 263 g/mol. The van der Waals surface area contributed by atoms with E-state index in [1.807, 2.05) is 0 Å². The zero-order valence-electron chi connectivity index (χ0n) is 9.06. The summed E-state index contributed by atoms with van der Waals surface area (Å²) in [6.07, 6.45) is 0.477. The first kappa shape index (κ1) is 13.3. The molecule has 0 heterocycles. The van der Waals surface area contributed by atoms with Crippen molar-refractivity contribution in [2.45, 2.75) is 13.3 Å². The van der Waals surface area contributed by atoms with Crippen molar-refractivity contribution in [2.75, 3.05) is 13.6 Å². The number of rotatable bonds is 3. The highest BCUT2D eigenvalue weighted by atomic mass is 35.5. The summed E-state index contributed by atoms with van der Waals surface area (Å²) >= 11 is 11.2. The average molecular weight is 264 g/mol. The van der Waals surface area contributed by atoms with Crippen LogP contribution in [0.3, 0.4) is 0 Å². The quantitative estimate of drug-likeness (QED) is 0.603. The van der Waals surface area contributed by atoms with E-state index >= 15 is 0 Å². The second-order valence-corrected chi connectivity index (χ2v) is 4.35. The molecule has 0 aromatic heterocycles. The molecule has 0 unspecified atom stereocenters. The Kier molecular flexibility index (Phi) is 4.56. The predicted octanol–water partition coefficient (Wildman–Crippen LogP) is 3.62. The Morgan fingerprint density at radius 2 is 2.12 bits per heavy atom. The van der Waals surface area contributed by atoms with Crippen molar-refractivity contribution < 1.29 is 9.18 Å². The second-order valence-electron chi connectivity index (χ2n) is 3.62. The molecule has 0 atom stereocenters. The molecular weight excluding hydrogens is 252 g/mol. The van der Waals surface area contributed by atoms with Gasteiger partial charge in [-0.3, -0.25) is 4.79 Å². The van der Waals surface area contributed by atoms with E-state index in [9.17, 15) is 9.18 Å². The highest BCUT2D eigenvalue weighted by Crippen LogP contribution is 2.21. The van der Waals surface area contributed by atoms with E-state index in [4.69, 9.17) is 23.2 Å². The Labute approximate surface area is 104 Å². The van der Waals surface area contributed by atoms with E-state index in [-0.39, 0.29) is 5.82 Å². The van der Waals surface area contributed by atoms with Gasteiger partial charge in [-0.15, -0.1) is 0 Å². The van der Waals surface area contributed by atoms with Gasteiger partial charge in [-0.2, -0.15) is 0 Å². The van der Waals surface area contributed by atoms with Crippen molar-refractivity contribution in [2.24, 2.45) is 0 Å². The summed E-state index contributed by atoms with van der Waals surface area (Å²) in [5, 5.41) is -0.0296. The van der Waals surface area contributed by atoms with Crippen LogP contribution in [0.25, 0.3) is 0 Å². The van der Waals surface area contributed by atoms with E-state index in [0.717, 1.165) is 0 Å². The Morgan fingerprint density at radius 3 is 2.69 bits per heavy atom. The number of amides is 1. The van der Waals surface area contributed by atoms with Gasteiger partial charge in [0.1, 0.15) is 5.82 Å². The van der Waals surface area contributed by atoms with Gasteiger partial charge in [-0.05, 0) is 48.2 Å². The molecule has 0 aliphatic rings. The van der Waals surface area contributed by atoms with Crippen LogP contribution in [0, 0.1) is 12.7 Å². The summed E-state index contributed by atoms with van der Waals surface area (Å²) in [4.78, 5) is 12.1. The molecule has 1 aromatic rings. The summed E-state index contributed by atoms with van der Waals surface area (Å²) in [7, 11) is 1.58. The molecule has 1 amide bonds. The molecule has 1 rings (SSSR count). The Hall–Kier alpha value is -0.800. The number of hydrogen-bond acceptors (Lipinski definition) is 1. The molecule has 0 radical (unpaired) electrons. The number of nitrogens with zero attached hydrogens (tertiary/aromatic N) is 1. The number of likely N-dealkylation sites (N-methyl/N-ethyl adjacent to an activating group) is 1. The molecule has 16 heavy (non-hydrogen) atoms. The summed E-state index contributed by atoms with van der Waals surface area (Å²) in [6.45, 7) is 2.06. The van der Waals surface area contributed by atoms with Gasteiger partial charge in [0.05, 0.1) is 0 Å². The van der Waals surface area contributed by atoms with Gasteiger partial charge >= 0.3 is 5.37 Å². The van der Waals surface area contributed by atoms with Crippen LogP contribution in [-0.2, 0) is 6.42 Å². The van der Waals surface area contributed by atoms with Crippen LogP contribution in [0.4, 0.5) is 9.18 Å². The number of carbonyl (C=O) groups excluding carboxylic acids is 1. The third-order valence-corrected chi connectivity index (χ3v) is 2.98. The maximum Gasteiger partial charge on any atom is 0.316 e. The Balaban J connectivity index is 2.74. The van der Waals surface area contributed by atoms with Crippen molar-refractivity contribution in [3.05, 3.63) is 34.1 Å². The minimum absolute atomic E-state index is 0.292. The second kappa shape index (κ2) is 5.51. The molecule has 0 aliphatic heterocycles. The molecule has 5 heteroatoms. The van der Waals surface area contributed by atoms with E-state index in [2.05, 4.69) is 0 Å². The van der Waals surface area contributed by atoms with E-state index in [0.29, 0.717) is 29.1 Å². The first-order valence-corrected chi connectivity index (χ1v) is 5.52. The topological polar surface area (TPSA) is 20.3 Å². The fourth-order valence-corrected chi connectivity index (χ4v) is 1.65. The molecule has 0 aliphatic carbocycles. The largest absolute Gasteiger partial charge is 0.332 e. The predicted molar refractivity (Wildman–Crippen MR) is 63.7 cm³/mol. The van der Waals surface area contributed by atoms with Crippen LogP contribution in [0.2, 0.25) is 5.02 Å². The number of hydrogen-bond donors (Lipinski definition) is 0. The van der Waals surface area contributed by atoms with Crippen molar-refractivity contribution in [1.29, 1.82) is 0 Å². The van der Waals surface area contributed by atoms with Crippen LogP contribution in [0.1, 0.15) is 11.1 Å². The van der Waals surface area contributed by atoms with Crippen LogP contribution in [0.15, 0.2) is 12.1 Å². The lowest BCUT2D eigenvalue weighted by molar-refractivity contribution is 0.232. The number of carbonyl (C=O) groups is 1. The van der Waals surface area contributed by atoms with Gasteiger partial charge in [0, 0.05) is 18.6 Å². The van der Waals surface area contributed by atoms with Gasteiger partial charge in [0.25, 0.3) is 0 Å². The van der Waals surface area contributed by atoms with Gasteiger partial charge in [0.15, 0.2) is 0 Å². The molecule has 0 spiro atoms. The number of halogens is 3. The lowest BCUT2D eigenvalue weighted by atomic mass is 10.1. The SMILES string of the molecule is Cc1cc(Cl)c(CCN(C)C(=O)Cl)cc1F. The zero-order chi connectivity index (χ0) is 12.3. The minimum Gasteiger partial charge on any atom is -0.332 e. The van der Waals surface area contributed by atoms with Gasteiger partial charge < -0.3 is 4.90 Å². The van der Waals surface area contributed by atoms with Crippen LogP contribution < -0.4 is 0 Å². The molecule has 0 fully saturated rings. The maximum absolute atomic E-state index is 13.3. The van der Waals surface area contributed by atoms with Gasteiger partial charge in [-0.25, -0.2) is 4.39 Å². The Morgan fingerprint density at radius 1 is 1.50 bits per heavy atom. The van der Waals surface area contributed by atoms with E-state index in [1.165, 1.54) is 11.0 Å². The van der Waals surface area contributed by atoms with Crippen molar-refractivity contribution >= 4 is 28.6 Å². The molecule has 0 saturated carbocycles. The highest BCUT2D eigenvalue weighted by Gasteiger charge is 2.09. The van der Waals surface area contributed by atoms with Gasteiger partial charge in [0.2, 0.25) is 0 Å². The van der Waals surface area contributed by atoms with Crippen molar-refractivity contribution in [1.82, 2.24) is 4.90 Å². The maximum atomic E-state index is 13.3. The normalized spacial score (nSPS) is 10.3. The molecular formula is C11H12Cl2FNO. The molecule has 88 valence electrons. The number of aryl methyl sites for hydroxylation is 1. The lowest BCUT2D eigenvalue weighted by Gasteiger charge is -2.14. The number of benzene rings is 1. The van der Waals surface area contributed by atoms with Gasteiger partial charge in [-0.1, -0.05) is 11.6 Å². The van der Waals surface area contributed by atoms with Crippen molar-refractivity contribution in [3.8, 4) is 0 Å². The zero-order valence-corrected chi connectivity index (χ0v) is 10.6. The fourth-order valence-electron chi connectivity index (χ4n) is 1.26. The van der Waals surface area contributed by atoms with Crippen LogP contribution in [-0.4, -0.2) is 23.9 Å². The van der Waals surface area contributed by atoms with Crippen molar-refractivity contribution in [3.63, 3.8) is 0 Å². The van der Waals surface area contributed by atoms with E-state index < -0.39 is 5.37 Å². The molecule has 1 aromatic carbocycles. The minimum atomic E-state index is -0.538. The molecule has 0 saturated heterocycles. The first-order chi connectivity index (χ1) is 7.41. The van der Waals surface area contributed by atoms with E-state index in [1.54, 1.807) is 20.0 Å². The molecule has 0 bridgehead atoms. The fraction of sp³-hybridized carbons (Fsp3) is 0.364. The summed E-state index contributed by atoms with van der Waals surface area (Å²) in [5.41, 5.74) is 1.19. The standard InChI is InChI=1S/C11H12Cl2FNO/c1-7-5-9(12)8(6-10(7)14)3-4-15(2)11(13)16/h5-6H,3-4H2,1-2H3. The molecule has 2 nitrogen and oxygen atoms in total. The highest BCUT2D eigenvalue weighted by molar-refractivity contribution is 6.62. The first-order valence-electron chi connectivity index (χ1n) is 4.77. The average Bonchev–Trinajstić information content (AvgIpc) is 2.20. The third kappa shape index (κ3) is 3.35. The summed E-state index contributed by atoms with van der Waals surface area (Å²) in [5.74, 6) is -0.292. The third-order valence-electron chi connectivity index (χ3n) is 2.34. The summed E-state index contributed by atoms with van der Waals surface area (Å²) < 4.78 is 13.3. The lowest BCUT2D eigenvalue weighted by Crippen LogP contribution is -2.23. The smallest absolute Gasteiger partial charge is 0.316 e. The Bertz CT molecular complexity index is 409. The molecule has 0 N–H and O–H groups in total.